The molecule has 2 aromatic heterocycles. The molecule has 0 saturated carbocycles. The first-order valence-electron chi connectivity index (χ1n) is 11.2. The lowest BCUT2D eigenvalue weighted by Gasteiger charge is -2.20. The van der Waals surface area contributed by atoms with Gasteiger partial charge in [0.15, 0.2) is 15.0 Å². The van der Waals surface area contributed by atoms with Gasteiger partial charge in [-0.2, -0.15) is 0 Å². The highest BCUT2D eigenvalue weighted by Gasteiger charge is 2.23. The Morgan fingerprint density at radius 3 is 2.44 bits per heavy atom. The van der Waals surface area contributed by atoms with Crippen LogP contribution in [0.2, 0.25) is 0 Å². The smallest absolute Gasteiger partial charge is 0.233 e. The molecule has 0 spiro atoms. The number of amides is 1. The number of benzene rings is 2. The van der Waals surface area contributed by atoms with Crippen LogP contribution < -0.4 is 4.90 Å². The quantitative estimate of drug-likeness (QED) is 0.337. The number of para-hydroxylation sites is 1. The van der Waals surface area contributed by atoms with Crippen molar-refractivity contribution in [2.45, 2.75) is 50.3 Å². The van der Waals surface area contributed by atoms with Crippen molar-refractivity contribution < 1.29 is 13.2 Å². The Labute approximate surface area is 204 Å². The largest absolute Gasteiger partial charge is 0.282 e. The van der Waals surface area contributed by atoms with E-state index in [1.807, 2.05) is 30.3 Å². The Balaban J connectivity index is 1.65. The molecule has 176 valence electrons. The molecule has 0 aliphatic carbocycles. The van der Waals surface area contributed by atoms with Crippen LogP contribution in [0.15, 0.2) is 71.8 Å². The van der Waals surface area contributed by atoms with Gasteiger partial charge < -0.3 is 0 Å². The number of anilines is 1. The van der Waals surface area contributed by atoms with Crippen LogP contribution in [0.3, 0.4) is 0 Å². The molecule has 0 bridgehead atoms. The van der Waals surface area contributed by atoms with E-state index in [0.717, 1.165) is 33.5 Å². The second kappa shape index (κ2) is 10.0. The number of fused-ring (bicyclic) bond motifs is 1. The average Bonchev–Trinajstić information content (AvgIpc) is 3.27. The predicted octanol–water partition coefficient (Wildman–Crippen LogP) is 5.21. The summed E-state index contributed by atoms with van der Waals surface area (Å²) in [5.74, 6) is -0.123. The number of carbonyl (C=O) groups is 1. The Bertz CT molecular complexity index is 1400. The van der Waals surface area contributed by atoms with Gasteiger partial charge in [-0.25, -0.2) is 13.4 Å². The molecule has 0 aliphatic heterocycles. The molecule has 0 saturated heterocycles. The van der Waals surface area contributed by atoms with Gasteiger partial charge in [0.25, 0.3) is 0 Å². The monoisotopic (exact) mass is 493 g/mol. The van der Waals surface area contributed by atoms with Crippen molar-refractivity contribution in [2.24, 2.45) is 0 Å². The second-order valence-corrected chi connectivity index (χ2v) is 11.8. The van der Waals surface area contributed by atoms with E-state index in [0.29, 0.717) is 11.7 Å². The normalized spacial score (nSPS) is 11.8. The number of aromatic nitrogens is 2. The highest BCUT2D eigenvalue weighted by atomic mass is 32.2. The van der Waals surface area contributed by atoms with Crippen molar-refractivity contribution in [3.8, 4) is 0 Å². The molecular weight excluding hydrogens is 466 g/mol. The summed E-state index contributed by atoms with van der Waals surface area (Å²) in [6.07, 6.45) is 2.70. The van der Waals surface area contributed by atoms with E-state index >= 15 is 0 Å². The second-order valence-electron chi connectivity index (χ2n) is 8.33. The van der Waals surface area contributed by atoms with Crippen molar-refractivity contribution in [3.63, 3.8) is 0 Å². The molecule has 2 heterocycles. The summed E-state index contributed by atoms with van der Waals surface area (Å²) in [4.78, 5) is 24.6. The van der Waals surface area contributed by atoms with E-state index in [1.165, 1.54) is 11.3 Å². The fraction of sp³-hybridized carbons (Fsp3) is 0.269. The molecule has 0 aliphatic rings. The standard InChI is InChI=1S/C26H27N3O3S2/c1-4-20-8-7-10-23-25(20)28-26(33-23)29(17-21-9-5-6-15-27-21)24(30)16-19-11-13-22(14-12-19)34(31,32)18(2)3/h5-15,18H,4,16-17H2,1-3H3. The molecule has 2 aromatic carbocycles. The van der Waals surface area contributed by atoms with E-state index in [-0.39, 0.29) is 17.2 Å². The lowest BCUT2D eigenvalue weighted by atomic mass is 10.1. The first-order valence-corrected chi connectivity index (χ1v) is 13.6. The summed E-state index contributed by atoms with van der Waals surface area (Å²) in [7, 11) is -3.36. The van der Waals surface area contributed by atoms with Crippen molar-refractivity contribution in [1.82, 2.24) is 9.97 Å². The van der Waals surface area contributed by atoms with Crippen LogP contribution in [0.25, 0.3) is 10.2 Å². The molecule has 0 unspecified atom stereocenters. The Kier molecular flexibility index (Phi) is 7.09. The molecule has 4 rings (SSSR count). The van der Waals surface area contributed by atoms with Crippen LogP contribution in [0.1, 0.15) is 37.6 Å². The van der Waals surface area contributed by atoms with Gasteiger partial charge in [-0.15, -0.1) is 0 Å². The molecule has 0 fully saturated rings. The summed E-state index contributed by atoms with van der Waals surface area (Å²) in [5.41, 5.74) is 3.58. The number of hydrogen-bond acceptors (Lipinski definition) is 6. The third-order valence-corrected chi connectivity index (χ3v) is 8.89. The third kappa shape index (κ3) is 5.03. The maximum absolute atomic E-state index is 13.5. The van der Waals surface area contributed by atoms with Crippen LogP contribution in [0, 0.1) is 0 Å². The lowest BCUT2D eigenvalue weighted by molar-refractivity contribution is -0.118. The minimum Gasteiger partial charge on any atom is -0.282 e. The SMILES string of the molecule is CCc1cccc2sc(N(Cc3ccccn3)C(=O)Cc3ccc(S(=O)(=O)C(C)C)cc3)nc12. The summed E-state index contributed by atoms with van der Waals surface area (Å²) < 4.78 is 25.9. The molecule has 0 atom stereocenters. The molecule has 6 nitrogen and oxygen atoms in total. The summed E-state index contributed by atoms with van der Waals surface area (Å²) in [6, 6.07) is 18.3. The van der Waals surface area contributed by atoms with Gasteiger partial charge in [0, 0.05) is 6.20 Å². The number of sulfone groups is 1. The molecular formula is C26H27N3O3S2. The van der Waals surface area contributed by atoms with Gasteiger partial charge in [-0.3, -0.25) is 14.7 Å². The van der Waals surface area contributed by atoms with E-state index in [9.17, 15) is 13.2 Å². The summed E-state index contributed by atoms with van der Waals surface area (Å²) in [6.45, 7) is 5.71. The van der Waals surface area contributed by atoms with Gasteiger partial charge >= 0.3 is 0 Å². The zero-order chi connectivity index (χ0) is 24.3. The maximum atomic E-state index is 13.5. The number of carbonyl (C=O) groups excluding carboxylic acids is 1. The first kappa shape index (κ1) is 24.0. The maximum Gasteiger partial charge on any atom is 0.233 e. The number of hydrogen-bond donors (Lipinski definition) is 0. The molecule has 34 heavy (non-hydrogen) atoms. The summed E-state index contributed by atoms with van der Waals surface area (Å²) >= 11 is 1.49. The molecule has 0 N–H and O–H groups in total. The van der Waals surface area contributed by atoms with Crippen molar-refractivity contribution in [3.05, 3.63) is 83.7 Å². The van der Waals surface area contributed by atoms with Gasteiger partial charge in [-0.05, 0) is 61.7 Å². The number of thiazole rings is 1. The lowest BCUT2D eigenvalue weighted by Crippen LogP contribution is -2.32. The Hall–Kier alpha value is -3.10. The highest BCUT2D eigenvalue weighted by Crippen LogP contribution is 2.32. The molecule has 1 amide bonds. The minimum atomic E-state index is -3.36. The fourth-order valence-corrected chi connectivity index (χ4v) is 5.74. The number of aryl methyl sites for hydroxylation is 1. The van der Waals surface area contributed by atoms with E-state index in [2.05, 4.69) is 18.0 Å². The van der Waals surface area contributed by atoms with E-state index < -0.39 is 15.1 Å². The van der Waals surface area contributed by atoms with Crippen molar-refractivity contribution in [2.75, 3.05) is 4.90 Å². The number of pyridine rings is 1. The topological polar surface area (TPSA) is 80.2 Å². The minimum absolute atomic E-state index is 0.123. The number of rotatable bonds is 8. The zero-order valence-electron chi connectivity index (χ0n) is 19.4. The Morgan fingerprint density at radius 2 is 1.79 bits per heavy atom. The number of nitrogens with zero attached hydrogens (tertiary/aromatic N) is 3. The highest BCUT2D eigenvalue weighted by molar-refractivity contribution is 7.92. The zero-order valence-corrected chi connectivity index (χ0v) is 21.1. The van der Waals surface area contributed by atoms with Crippen LogP contribution >= 0.6 is 11.3 Å². The predicted molar refractivity (Wildman–Crippen MR) is 137 cm³/mol. The van der Waals surface area contributed by atoms with Gasteiger partial charge in [0.05, 0.1) is 39.0 Å². The van der Waals surface area contributed by atoms with Crippen molar-refractivity contribution >= 4 is 42.4 Å². The van der Waals surface area contributed by atoms with Crippen molar-refractivity contribution in [1.29, 1.82) is 0 Å². The van der Waals surface area contributed by atoms with Gasteiger partial charge in [-0.1, -0.05) is 48.6 Å². The van der Waals surface area contributed by atoms with Crippen LogP contribution in [-0.2, 0) is 34.0 Å². The van der Waals surface area contributed by atoms with Crippen LogP contribution in [0.5, 0.6) is 0 Å². The van der Waals surface area contributed by atoms with E-state index in [1.54, 1.807) is 49.2 Å². The average molecular weight is 494 g/mol. The van der Waals surface area contributed by atoms with Crippen LogP contribution in [0.4, 0.5) is 5.13 Å². The fourth-order valence-electron chi connectivity index (χ4n) is 3.65. The van der Waals surface area contributed by atoms with Crippen LogP contribution in [-0.4, -0.2) is 29.5 Å². The van der Waals surface area contributed by atoms with Gasteiger partial charge in [0.2, 0.25) is 5.91 Å². The molecule has 0 radical (unpaired) electrons. The third-order valence-electron chi connectivity index (χ3n) is 5.68. The molecule has 8 heteroatoms. The summed E-state index contributed by atoms with van der Waals surface area (Å²) in [5, 5.41) is 0.131. The van der Waals surface area contributed by atoms with Gasteiger partial charge in [0.1, 0.15) is 0 Å². The van der Waals surface area contributed by atoms with E-state index in [4.69, 9.17) is 4.98 Å². The Morgan fingerprint density at radius 1 is 1.03 bits per heavy atom. The molecule has 4 aromatic rings. The first-order chi connectivity index (χ1) is 16.3.